The van der Waals surface area contributed by atoms with E-state index in [0.29, 0.717) is 0 Å². The lowest BCUT2D eigenvalue weighted by Crippen LogP contribution is -2.48. The molecular weight excluding hydrogens is 447 g/mol. The van der Waals surface area contributed by atoms with Crippen molar-refractivity contribution in [3.05, 3.63) is 66.7 Å². The van der Waals surface area contributed by atoms with Gasteiger partial charge in [0.2, 0.25) is 10.0 Å². The van der Waals surface area contributed by atoms with Crippen molar-refractivity contribution in [2.45, 2.75) is 4.90 Å². The molecule has 2 aromatic rings. The molecule has 154 valence electrons. The van der Waals surface area contributed by atoms with Gasteiger partial charge in [-0.1, -0.05) is 29.3 Å². The third-order valence-corrected chi connectivity index (χ3v) is 7.35. The molecule has 1 aliphatic heterocycles. The summed E-state index contributed by atoms with van der Waals surface area (Å²) < 4.78 is 27.0. The number of nitrogens with zero attached hydrogens (tertiary/aromatic N) is 4. The van der Waals surface area contributed by atoms with E-state index in [1.165, 1.54) is 34.6 Å². The van der Waals surface area contributed by atoms with E-state index in [2.05, 4.69) is 0 Å². The van der Waals surface area contributed by atoms with Gasteiger partial charge in [0.1, 0.15) is 10.6 Å². The van der Waals surface area contributed by atoms with Crippen LogP contribution in [0.1, 0.15) is 0 Å². The van der Waals surface area contributed by atoms with Crippen LogP contribution in [0.5, 0.6) is 0 Å². The van der Waals surface area contributed by atoms with Crippen molar-refractivity contribution in [1.29, 1.82) is 0 Å². The molecule has 0 amide bonds. The molecule has 0 radical (unpaired) electrons. The Hall–Kier alpha value is -2.47. The molecule has 10 nitrogen and oxygen atoms in total. The molecule has 1 aliphatic rings. The summed E-state index contributed by atoms with van der Waals surface area (Å²) in [7, 11) is -3.90. The molecule has 0 aromatic heterocycles. The summed E-state index contributed by atoms with van der Waals surface area (Å²) in [6.07, 6.45) is 0. The molecule has 3 rings (SSSR count). The first-order valence-electron chi connectivity index (χ1n) is 8.25. The van der Waals surface area contributed by atoms with Gasteiger partial charge in [0.15, 0.2) is 0 Å². The average Bonchev–Trinajstić information content (AvgIpc) is 2.69. The van der Waals surface area contributed by atoms with E-state index < -0.39 is 31.2 Å². The summed E-state index contributed by atoms with van der Waals surface area (Å²) in [4.78, 5) is 22.3. The number of hydrogen-bond acceptors (Lipinski definition) is 7. The molecule has 1 heterocycles. The number of hydrogen-bond donors (Lipinski definition) is 0. The first-order valence-corrected chi connectivity index (χ1v) is 10.4. The van der Waals surface area contributed by atoms with Crippen molar-refractivity contribution in [1.82, 2.24) is 4.31 Å². The zero-order valence-corrected chi connectivity index (χ0v) is 17.0. The fourth-order valence-electron chi connectivity index (χ4n) is 3.03. The lowest BCUT2D eigenvalue weighted by Gasteiger charge is -2.35. The minimum Gasteiger partial charge on any atom is -0.363 e. The SMILES string of the molecule is O=[N+]([O-])c1ccc(N2CCN(S(=O)(=O)c3cccc(Cl)c3Cl)CC2)c([N+](=O)[O-])c1. The van der Waals surface area contributed by atoms with E-state index in [1.54, 1.807) is 4.90 Å². The van der Waals surface area contributed by atoms with Crippen LogP contribution in [-0.2, 0) is 10.0 Å². The van der Waals surface area contributed by atoms with Crippen LogP contribution in [0.4, 0.5) is 17.1 Å². The van der Waals surface area contributed by atoms with Gasteiger partial charge in [-0.2, -0.15) is 4.31 Å². The minimum absolute atomic E-state index is 0.0549. The molecule has 0 aliphatic carbocycles. The third kappa shape index (κ3) is 4.13. The molecule has 29 heavy (non-hydrogen) atoms. The Morgan fingerprint density at radius 1 is 0.931 bits per heavy atom. The molecule has 1 fully saturated rings. The highest BCUT2D eigenvalue weighted by molar-refractivity contribution is 7.89. The summed E-state index contributed by atoms with van der Waals surface area (Å²) in [5.41, 5.74) is -0.607. The Morgan fingerprint density at radius 3 is 2.17 bits per heavy atom. The van der Waals surface area contributed by atoms with Gasteiger partial charge in [0, 0.05) is 32.2 Å². The monoisotopic (exact) mass is 460 g/mol. The number of sulfonamides is 1. The molecule has 0 bridgehead atoms. The number of anilines is 1. The zero-order valence-electron chi connectivity index (χ0n) is 14.7. The topological polar surface area (TPSA) is 127 Å². The summed E-state index contributed by atoms with van der Waals surface area (Å²) in [5.74, 6) is 0. The van der Waals surface area contributed by atoms with Gasteiger partial charge >= 0.3 is 0 Å². The Labute approximate surface area is 175 Å². The Balaban J connectivity index is 1.83. The fraction of sp³-hybridized carbons (Fsp3) is 0.250. The number of benzene rings is 2. The first-order chi connectivity index (χ1) is 13.6. The zero-order chi connectivity index (χ0) is 21.3. The van der Waals surface area contributed by atoms with Crippen molar-refractivity contribution < 1.29 is 18.3 Å². The van der Waals surface area contributed by atoms with E-state index in [1.807, 2.05) is 0 Å². The van der Waals surface area contributed by atoms with E-state index in [-0.39, 0.29) is 46.8 Å². The van der Waals surface area contributed by atoms with Crippen LogP contribution in [0.3, 0.4) is 0 Å². The Kier molecular flexibility index (Phi) is 5.94. The van der Waals surface area contributed by atoms with E-state index in [0.717, 1.165) is 6.07 Å². The van der Waals surface area contributed by atoms with Crippen molar-refractivity contribution in [3.8, 4) is 0 Å². The van der Waals surface area contributed by atoms with Gasteiger partial charge < -0.3 is 4.90 Å². The number of nitro benzene ring substituents is 2. The van der Waals surface area contributed by atoms with E-state index in [9.17, 15) is 28.6 Å². The number of rotatable bonds is 5. The molecule has 0 N–H and O–H groups in total. The Morgan fingerprint density at radius 2 is 1.59 bits per heavy atom. The molecular formula is C16H14Cl2N4O6S. The standard InChI is InChI=1S/C16H14Cl2N4O6S/c17-12-2-1-3-15(16(12)18)29(27,28)20-8-6-19(7-9-20)13-5-4-11(21(23)24)10-14(13)22(25)26/h1-5,10H,6-9H2. The van der Waals surface area contributed by atoms with Crippen molar-refractivity contribution >= 4 is 50.3 Å². The van der Waals surface area contributed by atoms with Crippen LogP contribution in [-0.4, -0.2) is 48.7 Å². The van der Waals surface area contributed by atoms with Gasteiger partial charge in [-0.25, -0.2) is 8.42 Å². The number of piperazine rings is 1. The van der Waals surface area contributed by atoms with E-state index in [4.69, 9.17) is 23.2 Å². The van der Waals surface area contributed by atoms with Crippen LogP contribution in [0.25, 0.3) is 0 Å². The van der Waals surface area contributed by atoms with Gasteiger partial charge in [-0.3, -0.25) is 20.2 Å². The summed E-state index contributed by atoms with van der Waals surface area (Å²) in [6, 6.07) is 7.69. The van der Waals surface area contributed by atoms with Gasteiger partial charge in [-0.05, 0) is 18.2 Å². The highest BCUT2D eigenvalue weighted by Gasteiger charge is 2.32. The summed E-state index contributed by atoms with van der Waals surface area (Å²) in [5, 5.41) is 22.3. The predicted molar refractivity (Wildman–Crippen MR) is 107 cm³/mol. The molecule has 1 saturated heterocycles. The molecule has 0 spiro atoms. The summed E-state index contributed by atoms with van der Waals surface area (Å²) >= 11 is 11.9. The minimum atomic E-state index is -3.90. The number of non-ortho nitro benzene ring substituents is 1. The largest absolute Gasteiger partial charge is 0.363 e. The molecule has 0 unspecified atom stereocenters. The third-order valence-electron chi connectivity index (χ3n) is 4.48. The lowest BCUT2D eigenvalue weighted by molar-refractivity contribution is -0.393. The normalized spacial score (nSPS) is 15.3. The fourth-order valence-corrected chi connectivity index (χ4v) is 5.19. The van der Waals surface area contributed by atoms with Crippen molar-refractivity contribution in [2.24, 2.45) is 0 Å². The highest BCUT2D eigenvalue weighted by Crippen LogP contribution is 2.34. The second-order valence-corrected chi connectivity index (χ2v) is 8.82. The second kappa shape index (κ2) is 8.11. The molecule has 0 atom stereocenters. The van der Waals surface area contributed by atoms with Gasteiger partial charge in [0.25, 0.3) is 11.4 Å². The second-order valence-electron chi connectivity index (χ2n) is 6.13. The Bertz CT molecular complexity index is 1090. The van der Waals surface area contributed by atoms with Gasteiger partial charge in [-0.15, -0.1) is 0 Å². The predicted octanol–water partition coefficient (Wildman–Crippen LogP) is 3.32. The number of nitro groups is 2. The van der Waals surface area contributed by atoms with Crippen LogP contribution in [0.15, 0.2) is 41.3 Å². The highest BCUT2D eigenvalue weighted by atomic mass is 35.5. The quantitative estimate of drug-likeness (QED) is 0.494. The maximum Gasteiger partial charge on any atom is 0.299 e. The van der Waals surface area contributed by atoms with Crippen LogP contribution >= 0.6 is 23.2 Å². The smallest absolute Gasteiger partial charge is 0.299 e. The first kappa shape index (κ1) is 21.2. The maximum atomic E-state index is 12.9. The van der Waals surface area contributed by atoms with Crippen molar-refractivity contribution in [2.75, 3.05) is 31.1 Å². The molecule has 2 aromatic carbocycles. The lowest BCUT2D eigenvalue weighted by atomic mass is 10.2. The molecule has 13 heteroatoms. The molecule has 0 saturated carbocycles. The van der Waals surface area contributed by atoms with Gasteiger partial charge in [0.05, 0.1) is 26.0 Å². The van der Waals surface area contributed by atoms with Crippen LogP contribution in [0.2, 0.25) is 10.0 Å². The maximum absolute atomic E-state index is 12.9. The average molecular weight is 461 g/mol. The van der Waals surface area contributed by atoms with Crippen LogP contribution in [0, 0.1) is 20.2 Å². The number of halogens is 2. The van der Waals surface area contributed by atoms with Crippen molar-refractivity contribution in [3.63, 3.8) is 0 Å². The summed E-state index contributed by atoms with van der Waals surface area (Å²) in [6.45, 7) is 0.435. The van der Waals surface area contributed by atoms with E-state index >= 15 is 0 Å². The van der Waals surface area contributed by atoms with Crippen LogP contribution < -0.4 is 4.90 Å².